The van der Waals surface area contributed by atoms with E-state index in [-0.39, 0.29) is 0 Å². The van der Waals surface area contributed by atoms with Crippen molar-refractivity contribution in [3.05, 3.63) is 58.9 Å². The van der Waals surface area contributed by atoms with Gasteiger partial charge in [-0.3, -0.25) is 4.98 Å². The van der Waals surface area contributed by atoms with Crippen LogP contribution in [0.4, 0.5) is 5.69 Å². The Labute approximate surface area is 112 Å². The van der Waals surface area contributed by atoms with Crippen molar-refractivity contribution >= 4 is 11.7 Å². The summed E-state index contributed by atoms with van der Waals surface area (Å²) in [6.07, 6.45) is 1.77. The fraction of sp³-hybridized carbons (Fsp3) is 0.200. The molecule has 0 fully saturated rings. The number of aromatic carboxylic acids is 1. The van der Waals surface area contributed by atoms with Crippen molar-refractivity contribution in [1.29, 1.82) is 0 Å². The predicted octanol–water partition coefficient (Wildman–Crippen LogP) is 3.01. The van der Waals surface area contributed by atoms with Crippen LogP contribution in [0.1, 0.15) is 27.2 Å². The van der Waals surface area contributed by atoms with Gasteiger partial charge >= 0.3 is 5.97 Å². The van der Waals surface area contributed by atoms with E-state index in [2.05, 4.69) is 10.3 Å². The Hall–Kier alpha value is -2.36. The zero-order chi connectivity index (χ0) is 13.8. The zero-order valence-electron chi connectivity index (χ0n) is 11.0. The number of nitrogens with one attached hydrogen (secondary N) is 1. The molecule has 0 aliphatic carbocycles. The van der Waals surface area contributed by atoms with E-state index < -0.39 is 5.97 Å². The smallest absolute Gasteiger partial charge is 0.335 e. The van der Waals surface area contributed by atoms with Crippen LogP contribution in [0, 0.1) is 13.8 Å². The van der Waals surface area contributed by atoms with E-state index in [0.29, 0.717) is 12.1 Å². The van der Waals surface area contributed by atoms with Gasteiger partial charge in [0.05, 0.1) is 17.8 Å². The number of aromatic nitrogens is 1. The quantitative estimate of drug-likeness (QED) is 0.882. The van der Waals surface area contributed by atoms with E-state index in [1.807, 2.05) is 26.0 Å². The molecule has 1 aromatic heterocycles. The Bertz CT molecular complexity index is 609. The third kappa shape index (κ3) is 3.10. The van der Waals surface area contributed by atoms with Crippen LogP contribution >= 0.6 is 0 Å². The zero-order valence-corrected chi connectivity index (χ0v) is 11.0. The fourth-order valence-electron chi connectivity index (χ4n) is 1.88. The van der Waals surface area contributed by atoms with Crippen molar-refractivity contribution < 1.29 is 9.90 Å². The molecule has 0 amide bonds. The minimum Gasteiger partial charge on any atom is -0.478 e. The molecule has 0 spiro atoms. The molecule has 1 heterocycles. The summed E-state index contributed by atoms with van der Waals surface area (Å²) in [4.78, 5) is 15.2. The molecule has 0 aliphatic heterocycles. The first-order valence-electron chi connectivity index (χ1n) is 6.06. The summed E-state index contributed by atoms with van der Waals surface area (Å²) in [5, 5.41) is 12.2. The fourth-order valence-corrected chi connectivity index (χ4v) is 1.88. The maximum Gasteiger partial charge on any atom is 0.335 e. The molecule has 4 nitrogen and oxygen atoms in total. The molecule has 0 bridgehead atoms. The van der Waals surface area contributed by atoms with Crippen molar-refractivity contribution in [2.24, 2.45) is 0 Å². The summed E-state index contributed by atoms with van der Waals surface area (Å²) in [6, 6.07) is 8.98. The van der Waals surface area contributed by atoms with Gasteiger partial charge in [0.2, 0.25) is 0 Å². The first-order valence-corrected chi connectivity index (χ1v) is 6.06. The van der Waals surface area contributed by atoms with Crippen molar-refractivity contribution in [2.75, 3.05) is 5.32 Å². The standard InChI is InChI=1S/C15H16N2O2/c1-10-4-3-7-16-14(10)9-17-13-6-5-12(15(18)19)8-11(13)2/h3-8,17H,9H2,1-2H3,(H,18,19). The highest BCUT2D eigenvalue weighted by Gasteiger charge is 2.06. The van der Waals surface area contributed by atoms with Crippen molar-refractivity contribution in [3.8, 4) is 0 Å². The van der Waals surface area contributed by atoms with E-state index in [0.717, 1.165) is 22.5 Å². The lowest BCUT2D eigenvalue weighted by Crippen LogP contribution is -2.05. The summed E-state index contributed by atoms with van der Waals surface area (Å²) in [6.45, 7) is 4.53. The van der Waals surface area contributed by atoms with Gasteiger partial charge < -0.3 is 10.4 Å². The third-order valence-electron chi connectivity index (χ3n) is 3.04. The normalized spacial score (nSPS) is 10.2. The minimum atomic E-state index is -0.907. The molecule has 19 heavy (non-hydrogen) atoms. The van der Waals surface area contributed by atoms with Gasteiger partial charge in [0, 0.05) is 11.9 Å². The lowest BCUT2D eigenvalue weighted by Gasteiger charge is -2.11. The average Bonchev–Trinajstić information content (AvgIpc) is 2.39. The molecular weight excluding hydrogens is 240 g/mol. The molecule has 4 heteroatoms. The van der Waals surface area contributed by atoms with Gasteiger partial charge in [0.15, 0.2) is 0 Å². The second-order valence-electron chi connectivity index (χ2n) is 4.46. The van der Waals surface area contributed by atoms with Crippen LogP contribution in [0.3, 0.4) is 0 Å². The molecule has 0 atom stereocenters. The van der Waals surface area contributed by atoms with Crippen LogP contribution in [0.25, 0.3) is 0 Å². The maximum atomic E-state index is 10.9. The van der Waals surface area contributed by atoms with E-state index in [4.69, 9.17) is 5.11 Å². The van der Waals surface area contributed by atoms with Crippen LogP contribution in [-0.2, 0) is 6.54 Å². The van der Waals surface area contributed by atoms with Crippen LogP contribution in [-0.4, -0.2) is 16.1 Å². The molecule has 98 valence electrons. The number of carboxylic acid groups (broad SMARTS) is 1. The number of nitrogens with zero attached hydrogens (tertiary/aromatic N) is 1. The van der Waals surface area contributed by atoms with Crippen LogP contribution < -0.4 is 5.32 Å². The number of pyridine rings is 1. The Morgan fingerprint density at radius 3 is 2.68 bits per heavy atom. The van der Waals surface area contributed by atoms with Gasteiger partial charge in [-0.15, -0.1) is 0 Å². The monoisotopic (exact) mass is 256 g/mol. The van der Waals surface area contributed by atoms with Gasteiger partial charge in [0.25, 0.3) is 0 Å². The first kappa shape index (κ1) is 13.1. The Balaban J connectivity index is 2.12. The van der Waals surface area contributed by atoms with Crippen LogP contribution in [0.2, 0.25) is 0 Å². The van der Waals surface area contributed by atoms with Crippen LogP contribution in [0.15, 0.2) is 36.5 Å². The third-order valence-corrected chi connectivity index (χ3v) is 3.04. The highest BCUT2D eigenvalue weighted by molar-refractivity contribution is 5.88. The SMILES string of the molecule is Cc1cc(C(=O)O)ccc1NCc1ncccc1C. The van der Waals surface area contributed by atoms with Gasteiger partial charge in [-0.25, -0.2) is 4.79 Å². The molecule has 0 saturated heterocycles. The van der Waals surface area contributed by atoms with Gasteiger partial charge in [-0.1, -0.05) is 6.07 Å². The molecule has 2 rings (SSSR count). The number of aryl methyl sites for hydroxylation is 2. The number of carbonyl (C=O) groups is 1. The summed E-state index contributed by atoms with van der Waals surface area (Å²) in [7, 11) is 0. The summed E-state index contributed by atoms with van der Waals surface area (Å²) < 4.78 is 0. The highest BCUT2D eigenvalue weighted by Crippen LogP contribution is 2.17. The highest BCUT2D eigenvalue weighted by atomic mass is 16.4. The molecule has 1 aromatic carbocycles. The predicted molar refractivity (Wildman–Crippen MR) is 74.4 cm³/mol. The maximum absolute atomic E-state index is 10.9. The Morgan fingerprint density at radius 2 is 2.05 bits per heavy atom. The lowest BCUT2D eigenvalue weighted by molar-refractivity contribution is 0.0697. The topological polar surface area (TPSA) is 62.2 Å². The second kappa shape index (κ2) is 5.52. The molecule has 0 aliphatic rings. The van der Waals surface area contributed by atoms with Crippen LogP contribution in [0.5, 0.6) is 0 Å². The first-order chi connectivity index (χ1) is 9.08. The number of benzene rings is 1. The van der Waals surface area contributed by atoms with E-state index in [9.17, 15) is 4.79 Å². The summed E-state index contributed by atoms with van der Waals surface area (Å²) >= 11 is 0. The number of rotatable bonds is 4. The van der Waals surface area contributed by atoms with Gasteiger partial charge in [0.1, 0.15) is 0 Å². The van der Waals surface area contributed by atoms with Gasteiger partial charge in [-0.2, -0.15) is 0 Å². The number of hydrogen-bond donors (Lipinski definition) is 2. The lowest BCUT2D eigenvalue weighted by atomic mass is 10.1. The Morgan fingerprint density at radius 1 is 1.26 bits per heavy atom. The van der Waals surface area contributed by atoms with Crippen molar-refractivity contribution in [3.63, 3.8) is 0 Å². The summed E-state index contributed by atoms with van der Waals surface area (Å²) in [5.74, 6) is -0.907. The molecule has 0 unspecified atom stereocenters. The molecule has 2 aromatic rings. The second-order valence-corrected chi connectivity index (χ2v) is 4.46. The number of carboxylic acids is 1. The van der Waals surface area contributed by atoms with Crippen molar-refractivity contribution in [2.45, 2.75) is 20.4 Å². The average molecular weight is 256 g/mol. The molecule has 0 saturated carbocycles. The Kier molecular flexibility index (Phi) is 3.80. The largest absolute Gasteiger partial charge is 0.478 e. The molecule has 0 radical (unpaired) electrons. The van der Waals surface area contributed by atoms with E-state index >= 15 is 0 Å². The van der Waals surface area contributed by atoms with Gasteiger partial charge in [-0.05, 0) is 49.2 Å². The van der Waals surface area contributed by atoms with E-state index in [1.54, 1.807) is 24.4 Å². The molecular formula is C15H16N2O2. The number of anilines is 1. The number of hydrogen-bond acceptors (Lipinski definition) is 3. The molecule has 2 N–H and O–H groups in total. The summed E-state index contributed by atoms with van der Waals surface area (Å²) in [5.41, 5.74) is 4.26. The van der Waals surface area contributed by atoms with Crippen molar-refractivity contribution in [1.82, 2.24) is 4.98 Å². The minimum absolute atomic E-state index is 0.303. The van der Waals surface area contributed by atoms with E-state index in [1.165, 1.54) is 0 Å².